The van der Waals surface area contributed by atoms with Gasteiger partial charge in [0.1, 0.15) is 28.2 Å². The van der Waals surface area contributed by atoms with Crippen LogP contribution in [0.15, 0.2) is 47.4 Å². The Morgan fingerprint density at radius 1 is 1.14 bits per heavy atom. The molecular formula is C28H32ClF3N4O5S. The molecule has 1 aliphatic rings. The summed E-state index contributed by atoms with van der Waals surface area (Å²) in [4.78, 5) is 5.43. The molecule has 1 fully saturated rings. The molecule has 42 heavy (non-hydrogen) atoms. The van der Waals surface area contributed by atoms with Crippen molar-refractivity contribution in [1.29, 1.82) is 0 Å². The second kappa shape index (κ2) is 12.5. The number of hydrogen-bond acceptors (Lipinski definition) is 8. The van der Waals surface area contributed by atoms with Gasteiger partial charge in [0.2, 0.25) is 5.95 Å². The number of benzene rings is 2. The zero-order chi connectivity index (χ0) is 33.3. The predicted octanol–water partition coefficient (Wildman–Crippen LogP) is 4.72. The highest BCUT2D eigenvalue weighted by atomic mass is 35.5. The average Bonchev–Trinajstić information content (AvgIpc) is 3.34. The number of ether oxygens (including phenoxy) is 3. The Morgan fingerprint density at radius 2 is 1.90 bits per heavy atom. The molecule has 3 aromatic rings. The Kier molecular flexibility index (Phi) is 8.23. The summed E-state index contributed by atoms with van der Waals surface area (Å²) in [6.07, 6.45) is 0.186. The Bertz CT molecular complexity index is 1670. The van der Waals surface area contributed by atoms with E-state index in [1.54, 1.807) is 19.0 Å². The van der Waals surface area contributed by atoms with Gasteiger partial charge in [-0.25, -0.2) is 26.5 Å². The molecule has 0 bridgehead atoms. The van der Waals surface area contributed by atoms with Crippen LogP contribution >= 0.6 is 11.6 Å². The van der Waals surface area contributed by atoms with E-state index >= 15 is 8.78 Å². The third-order valence-electron chi connectivity index (χ3n) is 6.89. The Balaban J connectivity index is 1.79. The van der Waals surface area contributed by atoms with E-state index in [1.807, 2.05) is 0 Å². The van der Waals surface area contributed by atoms with E-state index in [1.165, 1.54) is 49.5 Å². The van der Waals surface area contributed by atoms with Crippen LogP contribution in [-0.4, -0.2) is 78.9 Å². The van der Waals surface area contributed by atoms with Crippen LogP contribution < -0.4 is 18.7 Å². The lowest BCUT2D eigenvalue weighted by Gasteiger charge is -2.31. The molecule has 1 unspecified atom stereocenters. The van der Waals surface area contributed by atoms with E-state index in [0.717, 1.165) is 12.1 Å². The van der Waals surface area contributed by atoms with Crippen molar-refractivity contribution >= 4 is 33.1 Å². The number of anilines is 2. The zero-order valence-electron chi connectivity index (χ0n) is 26.3. The van der Waals surface area contributed by atoms with Crippen molar-refractivity contribution in [2.24, 2.45) is 0 Å². The fraction of sp³-hybridized carbons (Fsp3) is 0.393. The Hall–Kier alpha value is -3.26. The van der Waals surface area contributed by atoms with Crippen LogP contribution in [0.4, 0.5) is 24.7 Å². The van der Waals surface area contributed by atoms with Crippen molar-refractivity contribution in [2.75, 3.05) is 64.2 Å². The lowest BCUT2D eigenvalue weighted by molar-refractivity contribution is -0.0100. The summed E-state index contributed by atoms with van der Waals surface area (Å²) < 4.78 is 113. The van der Waals surface area contributed by atoms with Crippen molar-refractivity contribution in [3.05, 3.63) is 70.6 Å². The molecule has 9 nitrogen and oxygen atoms in total. The summed E-state index contributed by atoms with van der Waals surface area (Å²) in [5.41, 5.74) is -1.17. The summed E-state index contributed by atoms with van der Waals surface area (Å²) >= 11 is 6.37. The van der Waals surface area contributed by atoms with Crippen molar-refractivity contribution in [3.63, 3.8) is 0 Å². The van der Waals surface area contributed by atoms with Gasteiger partial charge in [-0.2, -0.15) is 4.39 Å². The predicted molar refractivity (Wildman–Crippen MR) is 154 cm³/mol. The second-order valence-corrected chi connectivity index (χ2v) is 12.2. The van der Waals surface area contributed by atoms with Gasteiger partial charge in [-0.15, -0.1) is 0 Å². The van der Waals surface area contributed by atoms with Crippen molar-refractivity contribution in [3.8, 4) is 11.5 Å². The van der Waals surface area contributed by atoms with Crippen LogP contribution in [0.3, 0.4) is 0 Å². The van der Waals surface area contributed by atoms with E-state index in [-0.39, 0.29) is 43.1 Å². The second-order valence-electron chi connectivity index (χ2n) is 10.0. The topological polar surface area (TPSA) is 84.4 Å². The minimum atomic E-state index is -5.14. The normalized spacial score (nSPS) is 18.5. The van der Waals surface area contributed by atoms with Crippen molar-refractivity contribution < 1.29 is 39.9 Å². The monoisotopic (exact) mass is 631 g/mol. The third kappa shape index (κ3) is 6.24. The first kappa shape index (κ1) is 27.6. The van der Waals surface area contributed by atoms with E-state index in [9.17, 15) is 12.8 Å². The van der Waals surface area contributed by atoms with Gasteiger partial charge >= 0.3 is 0 Å². The van der Waals surface area contributed by atoms with Gasteiger partial charge in [-0.3, -0.25) is 0 Å². The fourth-order valence-corrected chi connectivity index (χ4v) is 6.81. The standard InChI is InChI=1S/C28H32ClF3N4O5S/c1-34(2)16-28(41-5)11-12-35(17-28)21-14-20(30)27(26(32)25(21)29)42(37,38)36(24-8-6-7-23(31)33-24)15-18-9-10-19(39-3)13-22(18)40-4/h6-10,13-14H,11-12,15-17H2,1-5H3/i5D3. The van der Waals surface area contributed by atoms with E-state index in [0.29, 0.717) is 10.1 Å². The Labute approximate surface area is 252 Å². The Morgan fingerprint density at radius 3 is 2.55 bits per heavy atom. The average molecular weight is 632 g/mol. The molecule has 1 atom stereocenters. The maximum absolute atomic E-state index is 16.0. The van der Waals surface area contributed by atoms with Gasteiger partial charge in [0, 0.05) is 44.4 Å². The minimum absolute atomic E-state index is 0.0924. The maximum Gasteiger partial charge on any atom is 0.271 e. The minimum Gasteiger partial charge on any atom is -0.497 e. The van der Waals surface area contributed by atoms with Crippen LogP contribution in [0.25, 0.3) is 0 Å². The molecule has 0 radical (unpaired) electrons. The number of rotatable bonds is 11. The van der Waals surface area contributed by atoms with Gasteiger partial charge < -0.3 is 24.0 Å². The first-order valence-corrected chi connectivity index (χ1v) is 14.5. The number of hydrogen-bond donors (Lipinski definition) is 0. The smallest absolute Gasteiger partial charge is 0.271 e. The number of pyridine rings is 1. The van der Waals surface area contributed by atoms with Crippen molar-refractivity contribution in [1.82, 2.24) is 9.88 Å². The molecule has 228 valence electrons. The molecule has 1 aromatic heterocycles. The number of likely N-dealkylation sites (N-methyl/N-ethyl adjacent to an activating group) is 1. The molecule has 0 spiro atoms. The van der Waals surface area contributed by atoms with Crippen molar-refractivity contribution in [2.45, 2.75) is 23.5 Å². The van der Waals surface area contributed by atoms with Gasteiger partial charge in [-0.1, -0.05) is 17.7 Å². The van der Waals surface area contributed by atoms with Gasteiger partial charge in [0.05, 0.1) is 36.2 Å². The molecular weight excluding hydrogens is 597 g/mol. The van der Waals surface area contributed by atoms with Crippen LogP contribution in [-0.2, 0) is 21.3 Å². The fourth-order valence-electron chi connectivity index (χ4n) is 4.98. The highest BCUT2D eigenvalue weighted by Gasteiger charge is 2.41. The number of halogens is 4. The van der Waals surface area contributed by atoms with Gasteiger partial charge in [0.25, 0.3) is 10.0 Å². The summed E-state index contributed by atoms with van der Waals surface area (Å²) in [7, 11) is -1.68. The maximum atomic E-state index is 16.0. The molecule has 14 heteroatoms. The molecule has 0 aliphatic carbocycles. The largest absolute Gasteiger partial charge is 0.497 e. The van der Waals surface area contributed by atoms with E-state index < -0.39 is 62.5 Å². The number of nitrogens with zero attached hydrogens (tertiary/aromatic N) is 4. The van der Waals surface area contributed by atoms with Crippen LogP contribution in [0.2, 0.25) is 5.02 Å². The third-order valence-corrected chi connectivity index (χ3v) is 9.03. The lowest BCUT2D eigenvalue weighted by atomic mass is 10.0. The molecule has 0 amide bonds. The van der Waals surface area contributed by atoms with E-state index in [4.69, 9.17) is 29.9 Å². The molecule has 2 aromatic carbocycles. The van der Waals surface area contributed by atoms with Crippen LogP contribution in [0.1, 0.15) is 16.1 Å². The lowest BCUT2D eigenvalue weighted by Crippen LogP contribution is -2.44. The molecule has 0 saturated carbocycles. The number of methoxy groups -OCH3 is 3. The van der Waals surface area contributed by atoms with Crippen LogP contribution in [0.5, 0.6) is 11.5 Å². The number of sulfonamides is 1. The van der Waals surface area contributed by atoms with Gasteiger partial charge in [0.15, 0.2) is 10.7 Å². The molecule has 1 saturated heterocycles. The molecule has 1 aliphatic heterocycles. The highest BCUT2D eigenvalue weighted by molar-refractivity contribution is 7.92. The molecule has 4 rings (SSSR count). The summed E-state index contributed by atoms with van der Waals surface area (Å²) in [6.45, 7) is -0.354. The summed E-state index contributed by atoms with van der Waals surface area (Å²) in [5.74, 6) is -3.96. The van der Waals surface area contributed by atoms with E-state index in [2.05, 4.69) is 4.98 Å². The summed E-state index contributed by atoms with van der Waals surface area (Å²) in [6, 6.07) is 8.61. The van der Waals surface area contributed by atoms with Crippen LogP contribution in [0, 0.1) is 17.6 Å². The quantitative estimate of drug-likeness (QED) is 0.222. The molecule has 0 N–H and O–H groups in total. The highest BCUT2D eigenvalue weighted by Crippen LogP contribution is 2.40. The number of aromatic nitrogens is 1. The van der Waals surface area contributed by atoms with Gasteiger partial charge in [-0.05, 0) is 44.8 Å². The first-order valence-electron chi connectivity index (χ1n) is 14.1. The molecule has 2 heterocycles. The first-order chi connectivity index (χ1) is 21.0. The SMILES string of the molecule is [2H]C([2H])([2H])OC1(CN(C)C)CCN(c2cc(F)c(S(=O)(=O)N(Cc3ccc(OC)cc3OC)c3cccc(F)n3)c(F)c2Cl)C1. The zero-order valence-corrected chi connectivity index (χ0v) is 24.9. The summed E-state index contributed by atoms with van der Waals surface area (Å²) in [5, 5.41) is -0.710.